The van der Waals surface area contributed by atoms with Crippen molar-refractivity contribution in [2.75, 3.05) is 54.8 Å². The number of piperidine rings is 2. The molecular weight excluding hydrogens is 561 g/mol. The number of aryl methyl sites for hydroxylation is 1. The van der Waals surface area contributed by atoms with E-state index in [1.54, 1.807) is 12.1 Å². The smallest absolute Gasteiger partial charge is 0.305 e. The molecule has 2 aliphatic rings. The minimum atomic E-state index is -0.910. The number of halogens is 1. The maximum atomic E-state index is 13.6. The van der Waals surface area contributed by atoms with Crippen molar-refractivity contribution in [2.24, 2.45) is 11.8 Å². The van der Waals surface area contributed by atoms with Crippen LogP contribution in [-0.2, 0) is 22.4 Å². The summed E-state index contributed by atoms with van der Waals surface area (Å²) in [5, 5.41) is 15.3. The number of likely N-dealkylation sites (tertiary alicyclic amines) is 1. The Morgan fingerprint density at radius 1 is 0.864 bits per heavy atom. The number of carbonyl (C=O) groups is 2. The molecule has 0 saturated carbocycles. The molecule has 11 heteroatoms. The molecule has 0 bridgehead atoms. The summed E-state index contributed by atoms with van der Waals surface area (Å²) in [5.74, 6) is 0.681. The Morgan fingerprint density at radius 3 is 2.27 bits per heavy atom. The number of aromatic nitrogens is 3. The first-order valence-corrected chi connectivity index (χ1v) is 15.7. The number of aliphatic carboxylic acids is 1. The van der Waals surface area contributed by atoms with Crippen molar-refractivity contribution >= 4 is 29.7 Å². The summed E-state index contributed by atoms with van der Waals surface area (Å²) in [5.41, 5.74) is 2.40. The average molecular weight is 604 g/mol. The SMILES string of the molecule is O=C(O)CCNc1nc(NCCCc2ccc(F)cc2)nc(N2CCCC(C(=O)N3CCC(Cc4ccccc4)CC3)C2)n1. The van der Waals surface area contributed by atoms with E-state index in [-0.39, 0.29) is 30.6 Å². The van der Waals surface area contributed by atoms with Crippen molar-refractivity contribution in [1.82, 2.24) is 19.9 Å². The molecule has 2 aromatic carbocycles. The standard InChI is InChI=1S/C33H42FN7O3/c34-28-12-10-24(11-13-28)8-4-17-35-31-37-32(36-18-14-29(42)43)39-33(38-31)41-19-5-9-27(23-41)30(44)40-20-15-26(16-21-40)22-25-6-2-1-3-7-25/h1-3,6-7,10-13,26-27H,4-5,8-9,14-23H2,(H,42,43)(H2,35,36,37,38,39). The lowest BCUT2D eigenvalue weighted by molar-refractivity contribution is -0.137. The molecule has 1 aromatic heterocycles. The molecule has 1 unspecified atom stereocenters. The highest BCUT2D eigenvalue weighted by atomic mass is 19.1. The summed E-state index contributed by atoms with van der Waals surface area (Å²) < 4.78 is 13.2. The Labute approximate surface area is 258 Å². The molecule has 2 saturated heterocycles. The minimum Gasteiger partial charge on any atom is -0.481 e. The van der Waals surface area contributed by atoms with Gasteiger partial charge >= 0.3 is 5.97 Å². The molecule has 3 aromatic rings. The van der Waals surface area contributed by atoms with E-state index in [4.69, 9.17) is 5.11 Å². The molecule has 0 aliphatic carbocycles. The van der Waals surface area contributed by atoms with E-state index >= 15 is 0 Å². The second-order valence-corrected chi connectivity index (χ2v) is 11.8. The monoisotopic (exact) mass is 603 g/mol. The number of nitrogens with zero attached hydrogens (tertiary/aromatic N) is 5. The van der Waals surface area contributed by atoms with Gasteiger partial charge in [-0.3, -0.25) is 9.59 Å². The van der Waals surface area contributed by atoms with Crippen LogP contribution < -0.4 is 15.5 Å². The fraction of sp³-hybridized carbons (Fsp3) is 0.485. The van der Waals surface area contributed by atoms with Crippen molar-refractivity contribution < 1.29 is 19.1 Å². The zero-order valence-electron chi connectivity index (χ0n) is 25.1. The van der Waals surface area contributed by atoms with Gasteiger partial charge in [0.2, 0.25) is 23.8 Å². The Kier molecular flexibility index (Phi) is 10.9. The molecule has 44 heavy (non-hydrogen) atoms. The van der Waals surface area contributed by atoms with Crippen molar-refractivity contribution in [3.63, 3.8) is 0 Å². The lowest BCUT2D eigenvalue weighted by Crippen LogP contribution is -2.47. The number of hydrogen-bond acceptors (Lipinski definition) is 8. The van der Waals surface area contributed by atoms with E-state index in [1.807, 2.05) is 15.9 Å². The van der Waals surface area contributed by atoms with Crippen LogP contribution in [0.4, 0.5) is 22.2 Å². The molecular formula is C33H42FN7O3. The highest BCUT2D eigenvalue weighted by Crippen LogP contribution is 2.27. The minimum absolute atomic E-state index is 0.0657. The third kappa shape index (κ3) is 9.11. The number of hydrogen-bond donors (Lipinski definition) is 3. The number of anilines is 3. The Balaban J connectivity index is 1.18. The number of amides is 1. The number of carboxylic acid groups (broad SMARTS) is 1. The van der Waals surface area contributed by atoms with Gasteiger partial charge in [-0.25, -0.2) is 4.39 Å². The molecule has 2 aliphatic heterocycles. The van der Waals surface area contributed by atoms with Gasteiger partial charge in [-0.05, 0) is 74.1 Å². The fourth-order valence-corrected chi connectivity index (χ4v) is 6.01. The summed E-state index contributed by atoms with van der Waals surface area (Å²) in [6.45, 7) is 3.63. The largest absolute Gasteiger partial charge is 0.481 e. The molecule has 3 heterocycles. The van der Waals surface area contributed by atoms with Gasteiger partial charge in [0.15, 0.2) is 0 Å². The first kappa shape index (κ1) is 31.2. The Hall–Kier alpha value is -4.28. The van der Waals surface area contributed by atoms with E-state index in [1.165, 1.54) is 17.7 Å². The second kappa shape index (κ2) is 15.4. The zero-order valence-corrected chi connectivity index (χ0v) is 25.1. The third-order valence-electron chi connectivity index (χ3n) is 8.43. The van der Waals surface area contributed by atoms with E-state index in [0.29, 0.717) is 36.9 Å². The normalized spacial score (nSPS) is 17.3. The van der Waals surface area contributed by atoms with E-state index in [9.17, 15) is 14.0 Å². The fourth-order valence-electron chi connectivity index (χ4n) is 6.01. The van der Waals surface area contributed by atoms with Crippen LogP contribution in [0.2, 0.25) is 0 Å². The van der Waals surface area contributed by atoms with Crippen molar-refractivity contribution in [3.05, 3.63) is 71.5 Å². The van der Waals surface area contributed by atoms with Crippen LogP contribution in [-0.4, -0.2) is 76.1 Å². The average Bonchev–Trinajstić information content (AvgIpc) is 3.04. The molecule has 10 nitrogen and oxygen atoms in total. The summed E-state index contributed by atoms with van der Waals surface area (Å²) >= 11 is 0. The summed E-state index contributed by atoms with van der Waals surface area (Å²) in [7, 11) is 0. The van der Waals surface area contributed by atoms with Gasteiger partial charge in [0.1, 0.15) is 5.82 Å². The molecule has 1 atom stereocenters. The Morgan fingerprint density at radius 2 is 1.57 bits per heavy atom. The molecule has 0 spiro atoms. The van der Waals surface area contributed by atoms with Crippen LogP contribution in [0.1, 0.15) is 49.7 Å². The molecule has 3 N–H and O–H groups in total. The van der Waals surface area contributed by atoms with Crippen molar-refractivity contribution in [3.8, 4) is 0 Å². The van der Waals surface area contributed by atoms with Crippen molar-refractivity contribution in [1.29, 1.82) is 0 Å². The maximum absolute atomic E-state index is 13.6. The van der Waals surface area contributed by atoms with Gasteiger partial charge in [0, 0.05) is 39.3 Å². The lowest BCUT2D eigenvalue weighted by atomic mass is 9.89. The quantitative estimate of drug-likeness (QED) is 0.240. The topological polar surface area (TPSA) is 124 Å². The predicted molar refractivity (Wildman–Crippen MR) is 168 cm³/mol. The Bertz CT molecular complexity index is 1370. The van der Waals surface area contributed by atoms with Gasteiger partial charge in [-0.1, -0.05) is 42.5 Å². The number of rotatable bonds is 13. The van der Waals surface area contributed by atoms with Crippen LogP contribution >= 0.6 is 0 Å². The van der Waals surface area contributed by atoms with E-state index in [0.717, 1.165) is 70.1 Å². The van der Waals surface area contributed by atoms with Gasteiger partial charge < -0.3 is 25.5 Å². The summed E-state index contributed by atoms with van der Waals surface area (Å²) in [6, 6.07) is 17.0. The molecule has 2 fully saturated rings. The molecule has 234 valence electrons. The van der Waals surface area contributed by atoms with Gasteiger partial charge in [0.25, 0.3) is 0 Å². The highest BCUT2D eigenvalue weighted by molar-refractivity contribution is 5.79. The molecule has 0 radical (unpaired) electrons. The third-order valence-corrected chi connectivity index (χ3v) is 8.43. The first-order valence-electron chi connectivity index (χ1n) is 15.7. The predicted octanol–water partition coefficient (Wildman–Crippen LogP) is 4.64. The molecule has 5 rings (SSSR count). The van der Waals surface area contributed by atoms with Gasteiger partial charge in [-0.2, -0.15) is 15.0 Å². The van der Waals surface area contributed by atoms with Crippen LogP contribution in [0.25, 0.3) is 0 Å². The number of carboxylic acids is 1. The van der Waals surface area contributed by atoms with Gasteiger partial charge in [-0.15, -0.1) is 0 Å². The first-order chi connectivity index (χ1) is 21.4. The van der Waals surface area contributed by atoms with Crippen LogP contribution in [0, 0.1) is 17.7 Å². The summed E-state index contributed by atoms with van der Waals surface area (Å²) in [6.07, 6.45) is 6.29. The van der Waals surface area contributed by atoms with E-state index < -0.39 is 5.97 Å². The van der Waals surface area contributed by atoms with Crippen LogP contribution in [0.5, 0.6) is 0 Å². The highest BCUT2D eigenvalue weighted by Gasteiger charge is 2.32. The number of nitrogens with one attached hydrogen (secondary N) is 2. The van der Waals surface area contributed by atoms with E-state index in [2.05, 4.69) is 49.9 Å². The summed E-state index contributed by atoms with van der Waals surface area (Å²) in [4.78, 5) is 42.4. The van der Waals surface area contributed by atoms with Crippen LogP contribution in [0.15, 0.2) is 54.6 Å². The number of benzene rings is 2. The lowest BCUT2D eigenvalue weighted by Gasteiger charge is -2.38. The second-order valence-electron chi connectivity index (χ2n) is 11.8. The van der Waals surface area contributed by atoms with Crippen molar-refractivity contribution in [2.45, 2.75) is 51.4 Å². The zero-order chi connectivity index (χ0) is 30.7. The maximum Gasteiger partial charge on any atom is 0.305 e. The molecule has 1 amide bonds. The van der Waals surface area contributed by atoms with Gasteiger partial charge in [0.05, 0.1) is 12.3 Å². The van der Waals surface area contributed by atoms with Crippen LogP contribution in [0.3, 0.4) is 0 Å². The number of carbonyl (C=O) groups excluding carboxylic acids is 1.